The van der Waals surface area contributed by atoms with Crippen molar-refractivity contribution >= 4 is 11.4 Å². The van der Waals surface area contributed by atoms with E-state index in [-0.39, 0.29) is 5.56 Å². The normalized spacial score (nSPS) is 11.7. The summed E-state index contributed by atoms with van der Waals surface area (Å²) in [5.41, 5.74) is 3.21. The van der Waals surface area contributed by atoms with Crippen LogP contribution in [0.25, 0.3) is 0 Å². The summed E-state index contributed by atoms with van der Waals surface area (Å²) in [6.07, 6.45) is -5.06. The topological polar surface area (TPSA) is 12.0 Å². The summed E-state index contributed by atoms with van der Waals surface area (Å²) in [7, 11) is 0. The molecule has 0 bridgehead atoms. The first-order valence-corrected chi connectivity index (χ1v) is 6.87. The number of benzene rings is 2. The summed E-state index contributed by atoms with van der Waals surface area (Å²) in [4.78, 5) is 0. The molecule has 0 unspecified atom stereocenters. The van der Waals surface area contributed by atoms with E-state index < -0.39 is 12.6 Å². The van der Waals surface area contributed by atoms with Gasteiger partial charge in [-0.05, 0) is 35.2 Å². The molecule has 2 aromatic carbocycles. The highest BCUT2D eigenvalue weighted by molar-refractivity contribution is 5.64. The van der Waals surface area contributed by atoms with Gasteiger partial charge >= 0.3 is 6.18 Å². The van der Waals surface area contributed by atoms with Gasteiger partial charge in [0.1, 0.15) is 0 Å². The minimum absolute atomic E-state index is 0.269. The van der Waals surface area contributed by atoms with Crippen LogP contribution in [0.2, 0.25) is 0 Å². The second-order valence-electron chi connectivity index (χ2n) is 5.36. The van der Waals surface area contributed by atoms with Crippen molar-refractivity contribution in [2.75, 3.05) is 5.32 Å². The number of para-hydroxylation sites is 1. The highest BCUT2D eigenvalue weighted by Gasteiger charge is 2.27. The molecule has 0 heterocycles. The number of hydrogen-bond acceptors (Lipinski definition) is 1. The summed E-state index contributed by atoms with van der Waals surface area (Å²) in [6, 6.07) is 14.3. The zero-order valence-corrected chi connectivity index (χ0v) is 12.0. The molecule has 1 nitrogen and oxygen atoms in total. The fraction of sp³-hybridized carbons (Fsp3) is 0.294. The Labute approximate surface area is 122 Å². The quantitative estimate of drug-likeness (QED) is 0.767. The van der Waals surface area contributed by atoms with E-state index >= 15 is 0 Å². The Balaban J connectivity index is 2.14. The third kappa shape index (κ3) is 4.52. The average Bonchev–Trinajstić information content (AvgIpc) is 2.40. The molecular weight excluding hydrogens is 275 g/mol. The molecule has 0 radical (unpaired) electrons. The fourth-order valence-corrected chi connectivity index (χ4v) is 2.21. The maximum Gasteiger partial charge on any atom is 0.393 e. The van der Waals surface area contributed by atoms with Crippen LogP contribution < -0.4 is 5.32 Å². The Hall–Kier alpha value is -1.97. The summed E-state index contributed by atoms with van der Waals surface area (Å²) in [5.74, 6) is 0.373. The van der Waals surface area contributed by atoms with Crippen molar-refractivity contribution in [2.45, 2.75) is 32.4 Å². The fourth-order valence-electron chi connectivity index (χ4n) is 2.21. The molecule has 21 heavy (non-hydrogen) atoms. The maximum absolute atomic E-state index is 12.3. The lowest BCUT2D eigenvalue weighted by Gasteiger charge is -2.15. The van der Waals surface area contributed by atoms with Crippen molar-refractivity contribution < 1.29 is 13.2 Å². The Morgan fingerprint density at radius 3 is 2.14 bits per heavy atom. The van der Waals surface area contributed by atoms with Gasteiger partial charge in [-0.25, -0.2) is 0 Å². The Morgan fingerprint density at radius 2 is 1.57 bits per heavy atom. The van der Waals surface area contributed by atoms with Crippen molar-refractivity contribution in [3.05, 3.63) is 59.7 Å². The van der Waals surface area contributed by atoms with Gasteiger partial charge in [-0.1, -0.05) is 44.2 Å². The first-order valence-electron chi connectivity index (χ1n) is 6.87. The van der Waals surface area contributed by atoms with Crippen LogP contribution >= 0.6 is 0 Å². The number of rotatable bonds is 4. The Bertz CT molecular complexity index is 586. The van der Waals surface area contributed by atoms with Gasteiger partial charge in [-0.3, -0.25) is 0 Å². The predicted molar refractivity (Wildman–Crippen MR) is 80.0 cm³/mol. The molecule has 112 valence electrons. The number of halogens is 3. The Morgan fingerprint density at radius 1 is 0.952 bits per heavy atom. The second-order valence-corrected chi connectivity index (χ2v) is 5.36. The molecule has 1 N–H and O–H groups in total. The second kappa shape index (κ2) is 6.20. The third-order valence-electron chi connectivity index (χ3n) is 3.22. The Kier molecular flexibility index (Phi) is 4.56. The highest BCUT2D eigenvalue weighted by atomic mass is 19.4. The van der Waals surface area contributed by atoms with Gasteiger partial charge in [0.15, 0.2) is 0 Å². The number of nitrogens with one attached hydrogen (secondary N) is 1. The number of hydrogen-bond donors (Lipinski definition) is 1. The lowest BCUT2D eigenvalue weighted by Crippen LogP contribution is -2.11. The molecule has 0 saturated heterocycles. The SMILES string of the molecule is CC(C)c1ccccc1Nc1ccc(CC(F)(F)F)cc1. The van der Waals surface area contributed by atoms with E-state index in [4.69, 9.17) is 0 Å². The minimum atomic E-state index is -4.17. The van der Waals surface area contributed by atoms with Gasteiger partial charge < -0.3 is 5.32 Å². The zero-order chi connectivity index (χ0) is 15.5. The van der Waals surface area contributed by atoms with E-state index in [0.717, 1.165) is 11.4 Å². The van der Waals surface area contributed by atoms with Gasteiger partial charge in [0.25, 0.3) is 0 Å². The summed E-state index contributed by atoms with van der Waals surface area (Å²) >= 11 is 0. The van der Waals surface area contributed by atoms with E-state index in [9.17, 15) is 13.2 Å². The first kappa shape index (κ1) is 15.4. The predicted octanol–water partition coefficient (Wildman–Crippen LogP) is 5.66. The smallest absolute Gasteiger partial charge is 0.355 e. The van der Waals surface area contributed by atoms with E-state index in [1.807, 2.05) is 24.3 Å². The van der Waals surface area contributed by atoms with Crippen LogP contribution in [0.15, 0.2) is 48.5 Å². The van der Waals surface area contributed by atoms with Crippen LogP contribution in [0.5, 0.6) is 0 Å². The van der Waals surface area contributed by atoms with Crippen molar-refractivity contribution in [1.29, 1.82) is 0 Å². The molecule has 0 aromatic heterocycles. The van der Waals surface area contributed by atoms with Gasteiger partial charge in [0.05, 0.1) is 6.42 Å². The third-order valence-corrected chi connectivity index (χ3v) is 3.22. The molecule has 0 atom stereocenters. The van der Waals surface area contributed by atoms with Gasteiger partial charge in [0.2, 0.25) is 0 Å². The van der Waals surface area contributed by atoms with Gasteiger partial charge in [-0.15, -0.1) is 0 Å². The summed E-state index contributed by atoms with van der Waals surface area (Å²) in [5, 5.41) is 3.26. The average molecular weight is 293 g/mol. The van der Waals surface area contributed by atoms with Crippen LogP contribution in [-0.2, 0) is 6.42 Å². The van der Waals surface area contributed by atoms with Crippen LogP contribution in [0.4, 0.5) is 24.5 Å². The summed E-state index contributed by atoms with van der Waals surface area (Å²) in [6.45, 7) is 4.21. The van der Waals surface area contributed by atoms with Crippen molar-refractivity contribution in [1.82, 2.24) is 0 Å². The largest absolute Gasteiger partial charge is 0.393 e. The summed E-state index contributed by atoms with van der Waals surface area (Å²) < 4.78 is 36.9. The van der Waals surface area contributed by atoms with Gasteiger partial charge in [0, 0.05) is 11.4 Å². The molecule has 0 fully saturated rings. The molecule has 0 spiro atoms. The van der Waals surface area contributed by atoms with Gasteiger partial charge in [-0.2, -0.15) is 13.2 Å². The van der Waals surface area contributed by atoms with Crippen LogP contribution in [0, 0.1) is 0 Å². The van der Waals surface area contributed by atoms with Crippen molar-refractivity contribution in [3.8, 4) is 0 Å². The van der Waals surface area contributed by atoms with E-state index in [1.165, 1.54) is 17.7 Å². The molecule has 0 saturated carbocycles. The molecule has 0 aliphatic carbocycles. The monoisotopic (exact) mass is 293 g/mol. The highest BCUT2D eigenvalue weighted by Crippen LogP contribution is 2.27. The molecule has 0 aliphatic heterocycles. The lowest BCUT2D eigenvalue weighted by molar-refractivity contribution is -0.127. The zero-order valence-electron chi connectivity index (χ0n) is 12.0. The van der Waals surface area contributed by atoms with Crippen LogP contribution in [0.3, 0.4) is 0 Å². The van der Waals surface area contributed by atoms with Crippen molar-refractivity contribution in [3.63, 3.8) is 0 Å². The standard InChI is InChI=1S/C17H18F3N/c1-12(2)15-5-3-4-6-16(15)21-14-9-7-13(8-10-14)11-17(18,19)20/h3-10,12,21H,11H2,1-2H3. The molecule has 2 aromatic rings. The molecule has 2 rings (SSSR count). The maximum atomic E-state index is 12.3. The van der Waals surface area contributed by atoms with E-state index in [2.05, 4.69) is 19.2 Å². The van der Waals surface area contributed by atoms with Crippen molar-refractivity contribution in [2.24, 2.45) is 0 Å². The molecular formula is C17H18F3N. The molecule has 4 heteroatoms. The number of alkyl halides is 3. The van der Waals surface area contributed by atoms with Crippen LogP contribution in [-0.4, -0.2) is 6.18 Å². The first-order chi connectivity index (χ1) is 9.85. The molecule has 0 aliphatic rings. The minimum Gasteiger partial charge on any atom is -0.355 e. The lowest BCUT2D eigenvalue weighted by atomic mass is 10.0. The number of anilines is 2. The van der Waals surface area contributed by atoms with E-state index in [0.29, 0.717) is 5.92 Å². The van der Waals surface area contributed by atoms with E-state index in [1.54, 1.807) is 12.1 Å². The van der Waals surface area contributed by atoms with Crippen LogP contribution in [0.1, 0.15) is 30.9 Å². The molecule has 0 amide bonds.